The Kier molecular flexibility index (Phi) is 2.92. The van der Waals surface area contributed by atoms with Gasteiger partial charge in [0.15, 0.2) is 4.77 Å². The standard InChI is InChI=1S/C14H10ClFN2S/c1-8-2-4-11-13(6-8)18(14(19)17-11)12-5-3-9(15)7-10(12)16/h2-7H,1H3,(H,17,19). The zero-order valence-corrected chi connectivity index (χ0v) is 11.6. The molecule has 1 heterocycles. The van der Waals surface area contributed by atoms with Gasteiger partial charge in [0.2, 0.25) is 0 Å². The van der Waals surface area contributed by atoms with Gasteiger partial charge < -0.3 is 4.98 Å². The number of hydrogen-bond donors (Lipinski definition) is 1. The van der Waals surface area contributed by atoms with Crippen LogP contribution in [-0.4, -0.2) is 9.55 Å². The lowest BCUT2D eigenvalue weighted by Crippen LogP contribution is -1.97. The van der Waals surface area contributed by atoms with Gasteiger partial charge in [-0.05, 0) is 55.0 Å². The third kappa shape index (κ3) is 2.07. The summed E-state index contributed by atoms with van der Waals surface area (Å²) in [7, 11) is 0. The average molecular weight is 293 g/mol. The van der Waals surface area contributed by atoms with Gasteiger partial charge in [0.1, 0.15) is 5.82 Å². The van der Waals surface area contributed by atoms with Crippen LogP contribution in [0.4, 0.5) is 4.39 Å². The highest BCUT2D eigenvalue weighted by atomic mass is 35.5. The first kappa shape index (κ1) is 12.4. The van der Waals surface area contributed by atoms with E-state index in [9.17, 15) is 4.39 Å². The summed E-state index contributed by atoms with van der Waals surface area (Å²) in [6.07, 6.45) is 0. The van der Waals surface area contributed by atoms with Crippen LogP contribution < -0.4 is 0 Å². The predicted molar refractivity (Wildman–Crippen MR) is 78.2 cm³/mol. The molecule has 0 amide bonds. The molecule has 0 unspecified atom stereocenters. The van der Waals surface area contributed by atoms with Gasteiger partial charge in [0.25, 0.3) is 0 Å². The Labute approximate surface area is 119 Å². The van der Waals surface area contributed by atoms with Gasteiger partial charge in [0, 0.05) is 5.02 Å². The molecular weight excluding hydrogens is 283 g/mol. The highest BCUT2D eigenvalue weighted by Crippen LogP contribution is 2.24. The minimum Gasteiger partial charge on any atom is -0.330 e. The zero-order chi connectivity index (χ0) is 13.6. The van der Waals surface area contributed by atoms with E-state index in [2.05, 4.69) is 4.98 Å². The first-order valence-electron chi connectivity index (χ1n) is 5.73. The number of halogens is 2. The van der Waals surface area contributed by atoms with E-state index in [-0.39, 0.29) is 0 Å². The largest absolute Gasteiger partial charge is 0.330 e. The summed E-state index contributed by atoms with van der Waals surface area (Å²) in [6.45, 7) is 1.98. The summed E-state index contributed by atoms with van der Waals surface area (Å²) in [6, 6.07) is 10.4. The third-order valence-corrected chi connectivity index (χ3v) is 3.51. The van der Waals surface area contributed by atoms with Crippen molar-refractivity contribution >= 4 is 34.9 Å². The van der Waals surface area contributed by atoms with E-state index in [1.165, 1.54) is 6.07 Å². The van der Waals surface area contributed by atoms with Gasteiger partial charge >= 0.3 is 0 Å². The average Bonchev–Trinajstić information content (AvgIpc) is 2.65. The van der Waals surface area contributed by atoms with Gasteiger partial charge in [-0.2, -0.15) is 0 Å². The molecule has 0 aliphatic carbocycles. The van der Waals surface area contributed by atoms with Crippen molar-refractivity contribution in [1.82, 2.24) is 9.55 Å². The van der Waals surface area contributed by atoms with Gasteiger partial charge in [-0.25, -0.2) is 4.39 Å². The molecule has 19 heavy (non-hydrogen) atoms. The van der Waals surface area contributed by atoms with Crippen molar-refractivity contribution in [3.05, 3.63) is 57.6 Å². The van der Waals surface area contributed by atoms with Crippen LogP contribution in [0, 0.1) is 17.5 Å². The molecule has 0 radical (unpaired) electrons. The van der Waals surface area contributed by atoms with Gasteiger partial charge in [-0.15, -0.1) is 0 Å². The maximum Gasteiger partial charge on any atom is 0.182 e. The highest BCUT2D eigenvalue weighted by molar-refractivity contribution is 7.71. The number of aromatic amines is 1. The summed E-state index contributed by atoms with van der Waals surface area (Å²) < 4.78 is 16.2. The fourth-order valence-corrected chi connectivity index (χ4v) is 2.58. The molecule has 0 spiro atoms. The molecule has 0 fully saturated rings. The monoisotopic (exact) mass is 292 g/mol. The first-order valence-corrected chi connectivity index (χ1v) is 6.52. The second-order valence-corrected chi connectivity index (χ2v) is 5.21. The predicted octanol–water partition coefficient (Wildman–Crippen LogP) is 4.79. The summed E-state index contributed by atoms with van der Waals surface area (Å²) in [5.41, 5.74) is 3.21. The van der Waals surface area contributed by atoms with E-state index in [1.807, 2.05) is 25.1 Å². The fourth-order valence-electron chi connectivity index (χ4n) is 2.11. The van der Waals surface area contributed by atoms with Crippen molar-refractivity contribution in [1.29, 1.82) is 0 Å². The van der Waals surface area contributed by atoms with Crippen molar-refractivity contribution in [3.8, 4) is 5.69 Å². The number of H-pyrrole nitrogens is 1. The summed E-state index contributed by atoms with van der Waals surface area (Å²) >= 11 is 11.1. The number of nitrogens with zero attached hydrogens (tertiary/aromatic N) is 1. The van der Waals surface area contributed by atoms with Crippen molar-refractivity contribution < 1.29 is 4.39 Å². The second-order valence-electron chi connectivity index (χ2n) is 4.38. The summed E-state index contributed by atoms with van der Waals surface area (Å²) in [5, 5.41) is 0.365. The van der Waals surface area contributed by atoms with Crippen LogP contribution >= 0.6 is 23.8 Å². The lowest BCUT2D eigenvalue weighted by atomic mass is 10.2. The van der Waals surface area contributed by atoms with Crippen LogP contribution in [0.3, 0.4) is 0 Å². The van der Waals surface area contributed by atoms with Gasteiger partial charge in [-0.1, -0.05) is 17.7 Å². The normalized spacial score (nSPS) is 11.1. The van der Waals surface area contributed by atoms with Crippen molar-refractivity contribution in [3.63, 3.8) is 0 Å². The lowest BCUT2D eigenvalue weighted by Gasteiger charge is -2.06. The molecule has 1 aromatic heterocycles. The van der Waals surface area contributed by atoms with Crippen molar-refractivity contribution in [2.75, 3.05) is 0 Å². The number of fused-ring (bicyclic) bond motifs is 1. The number of nitrogens with one attached hydrogen (secondary N) is 1. The Morgan fingerprint density at radius 3 is 2.74 bits per heavy atom. The van der Waals surface area contributed by atoms with E-state index in [0.29, 0.717) is 15.5 Å². The molecule has 96 valence electrons. The topological polar surface area (TPSA) is 20.7 Å². The van der Waals surface area contributed by atoms with E-state index in [0.717, 1.165) is 16.6 Å². The molecule has 0 bridgehead atoms. The number of imidazole rings is 1. The number of aromatic nitrogens is 2. The van der Waals surface area contributed by atoms with Crippen LogP contribution in [0.5, 0.6) is 0 Å². The maximum absolute atomic E-state index is 14.1. The molecule has 0 saturated heterocycles. The molecule has 0 aliphatic heterocycles. The van der Waals surface area contributed by atoms with E-state index >= 15 is 0 Å². The Balaban J connectivity index is 2.38. The highest BCUT2D eigenvalue weighted by Gasteiger charge is 2.11. The molecule has 0 atom stereocenters. The summed E-state index contributed by atoms with van der Waals surface area (Å²) in [5.74, 6) is -0.397. The van der Waals surface area contributed by atoms with Crippen LogP contribution in [0.2, 0.25) is 5.02 Å². The van der Waals surface area contributed by atoms with Crippen LogP contribution in [0.15, 0.2) is 36.4 Å². The smallest absolute Gasteiger partial charge is 0.182 e. The molecule has 1 N–H and O–H groups in total. The van der Waals surface area contributed by atoms with Crippen LogP contribution in [0.1, 0.15) is 5.56 Å². The first-order chi connectivity index (χ1) is 9.06. The van der Waals surface area contributed by atoms with Gasteiger partial charge in [-0.3, -0.25) is 4.57 Å². The van der Waals surface area contributed by atoms with E-state index < -0.39 is 5.82 Å². The summed E-state index contributed by atoms with van der Waals surface area (Å²) in [4.78, 5) is 3.07. The van der Waals surface area contributed by atoms with E-state index in [1.54, 1.807) is 16.7 Å². The minimum atomic E-state index is -0.397. The second kappa shape index (κ2) is 4.47. The fraction of sp³-hybridized carbons (Fsp3) is 0.0714. The van der Waals surface area contributed by atoms with Crippen molar-refractivity contribution in [2.45, 2.75) is 6.92 Å². The van der Waals surface area contributed by atoms with Crippen LogP contribution in [-0.2, 0) is 0 Å². The minimum absolute atomic E-state index is 0.365. The molecule has 0 saturated carbocycles. The molecule has 3 aromatic rings. The Hall–Kier alpha value is -1.65. The molecule has 2 nitrogen and oxygen atoms in total. The molecule has 0 aliphatic rings. The number of hydrogen-bond acceptors (Lipinski definition) is 1. The van der Waals surface area contributed by atoms with Crippen LogP contribution in [0.25, 0.3) is 16.7 Å². The molecule has 3 rings (SSSR count). The van der Waals surface area contributed by atoms with E-state index in [4.69, 9.17) is 23.8 Å². The number of benzene rings is 2. The van der Waals surface area contributed by atoms with Crippen molar-refractivity contribution in [2.24, 2.45) is 0 Å². The quantitative estimate of drug-likeness (QED) is 0.640. The lowest BCUT2D eigenvalue weighted by molar-refractivity contribution is 0.619. The maximum atomic E-state index is 14.1. The molecular formula is C14H10ClFN2S. The number of aryl methyl sites for hydroxylation is 1. The SMILES string of the molecule is Cc1ccc2[nH]c(=S)n(-c3ccc(Cl)cc3F)c2c1. The zero-order valence-electron chi connectivity index (χ0n) is 10.1. The Morgan fingerprint density at radius 1 is 1.21 bits per heavy atom. The third-order valence-electron chi connectivity index (χ3n) is 2.99. The number of rotatable bonds is 1. The Morgan fingerprint density at radius 2 is 2.00 bits per heavy atom. The molecule has 2 aromatic carbocycles. The molecule has 5 heteroatoms. The Bertz CT molecular complexity index is 835. The van der Waals surface area contributed by atoms with Gasteiger partial charge in [0.05, 0.1) is 16.7 Å².